The Morgan fingerprint density at radius 1 is 1.37 bits per heavy atom. The second-order valence-corrected chi connectivity index (χ2v) is 5.03. The fraction of sp³-hybridized carbons (Fsp3) is 0.750. The normalized spacial score (nSPS) is 24.1. The van der Waals surface area contributed by atoms with E-state index in [0.717, 1.165) is 25.7 Å². The second kappa shape index (κ2) is 5.90. The van der Waals surface area contributed by atoms with Crippen molar-refractivity contribution in [2.75, 3.05) is 13.1 Å². The van der Waals surface area contributed by atoms with Gasteiger partial charge in [-0.2, -0.15) is 0 Å². The highest BCUT2D eigenvalue weighted by molar-refractivity contribution is 5.91. The number of urea groups is 1. The summed E-state index contributed by atoms with van der Waals surface area (Å²) >= 11 is 0. The number of carbonyl (C=O) groups is 3. The van der Waals surface area contributed by atoms with Gasteiger partial charge in [0, 0.05) is 19.1 Å². The summed E-state index contributed by atoms with van der Waals surface area (Å²) in [5.41, 5.74) is 0. The highest BCUT2D eigenvalue weighted by atomic mass is 16.4. The van der Waals surface area contributed by atoms with Crippen LogP contribution in [0.3, 0.4) is 0 Å². The number of carbonyl (C=O) groups excluding carboxylic acids is 2. The van der Waals surface area contributed by atoms with Crippen LogP contribution in [0.15, 0.2) is 0 Å². The van der Waals surface area contributed by atoms with Crippen molar-refractivity contribution in [3.8, 4) is 0 Å². The summed E-state index contributed by atoms with van der Waals surface area (Å²) < 4.78 is 0. The van der Waals surface area contributed by atoms with E-state index in [4.69, 9.17) is 5.11 Å². The van der Waals surface area contributed by atoms with E-state index in [1.54, 1.807) is 0 Å². The molecule has 3 amide bonds. The van der Waals surface area contributed by atoms with Gasteiger partial charge >= 0.3 is 12.0 Å². The molecule has 0 spiro atoms. The van der Waals surface area contributed by atoms with Crippen molar-refractivity contribution < 1.29 is 19.5 Å². The summed E-state index contributed by atoms with van der Waals surface area (Å²) in [6.45, 7) is 0.718. The van der Waals surface area contributed by atoms with Gasteiger partial charge in [-0.3, -0.25) is 9.59 Å². The highest BCUT2D eigenvalue weighted by Gasteiger charge is 2.35. The van der Waals surface area contributed by atoms with Gasteiger partial charge in [0.1, 0.15) is 6.04 Å². The molecule has 0 radical (unpaired) electrons. The Morgan fingerprint density at radius 2 is 2.05 bits per heavy atom. The van der Waals surface area contributed by atoms with E-state index in [1.807, 2.05) is 0 Å². The molecule has 7 heteroatoms. The monoisotopic (exact) mass is 269 g/mol. The number of aliphatic carboxylic acids is 1. The van der Waals surface area contributed by atoms with Gasteiger partial charge in [-0.25, -0.2) is 4.79 Å². The van der Waals surface area contributed by atoms with Gasteiger partial charge in [-0.05, 0) is 12.8 Å². The predicted molar refractivity (Wildman–Crippen MR) is 66.5 cm³/mol. The van der Waals surface area contributed by atoms with Crippen LogP contribution in [0.1, 0.15) is 32.1 Å². The van der Waals surface area contributed by atoms with Crippen molar-refractivity contribution in [1.82, 2.24) is 15.5 Å². The Hall–Kier alpha value is -1.79. The summed E-state index contributed by atoms with van der Waals surface area (Å²) in [4.78, 5) is 35.9. The Balaban J connectivity index is 1.99. The SMILES string of the molecule is O=C(O)CC1C(=O)NCCN1C(=O)NC1CCCC1. The molecule has 2 rings (SSSR count). The first kappa shape index (κ1) is 13.6. The maximum atomic E-state index is 12.1. The molecule has 0 bridgehead atoms. The quantitative estimate of drug-likeness (QED) is 0.667. The number of rotatable bonds is 3. The van der Waals surface area contributed by atoms with Gasteiger partial charge in [-0.1, -0.05) is 12.8 Å². The molecule has 3 N–H and O–H groups in total. The summed E-state index contributed by atoms with van der Waals surface area (Å²) in [6, 6.07) is -1.08. The van der Waals surface area contributed by atoms with Crippen LogP contribution in [0.2, 0.25) is 0 Å². The molecule has 0 aromatic rings. The van der Waals surface area contributed by atoms with E-state index >= 15 is 0 Å². The number of hydrogen-bond donors (Lipinski definition) is 3. The smallest absolute Gasteiger partial charge is 0.318 e. The third-order valence-electron chi connectivity index (χ3n) is 3.64. The molecule has 0 aromatic heterocycles. The predicted octanol–water partition coefficient (Wildman–Crippen LogP) is -0.0863. The molecule has 19 heavy (non-hydrogen) atoms. The molecule has 0 aromatic carbocycles. The largest absolute Gasteiger partial charge is 0.481 e. The van der Waals surface area contributed by atoms with Crippen molar-refractivity contribution >= 4 is 17.9 Å². The topological polar surface area (TPSA) is 98.7 Å². The van der Waals surface area contributed by atoms with Gasteiger partial charge in [0.25, 0.3) is 0 Å². The molecule has 1 saturated carbocycles. The zero-order valence-corrected chi connectivity index (χ0v) is 10.7. The lowest BCUT2D eigenvalue weighted by molar-refractivity contribution is -0.142. The van der Waals surface area contributed by atoms with Gasteiger partial charge in [0.15, 0.2) is 0 Å². The summed E-state index contributed by atoms with van der Waals surface area (Å²) in [7, 11) is 0. The standard InChI is InChI=1S/C12H19N3O4/c16-10(17)7-9-11(18)13-5-6-15(9)12(19)14-8-3-1-2-4-8/h8-9H,1-7H2,(H,13,18)(H,14,19)(H,16,17). The Kier molecular flexibility index (Phi) is 4.24. The number of carboxylic acids is 1. The van der Waals surface area contributed by atoms with Crippen LogP contribution in [0, 0.1) is 0 Å². The first-order chi connectivity index (χ1) is 9.08. The fourth-order valence-electron chi connectivity index (χ4n) is 2.65. The molecule has 2 fully saturated rings. The third-order valence-corrected chi connectivity index (χ3v) is 3.64. The van der Waals surface area contributed by atoms with Gasteiger partial charge in [-0.15, -0.1) is 0 Å². The first-order valence-corrected chi connectivity index (χ1v) is 6.64. The first-order valence-electron chi connectivity index (χ1n) is 6.64. The molecule has 1 aliphatic carbocycles. The lowest BCUT2D eigenvalue weighted by atomic mass is 10.1. The van der Waals surface area contributed by atoms with Crippen LogP contribution in [0.25, 0.3) is 0 Å². The summed E-state index contributed by atoms with van der Waals surface area (Å²) in [5, 5.41) is 14.3. The van der Waals surface area contributed by atoms with Crippen LogP contribution < -0.4 is 10.6 Å². The number of nitrogens with one attached hydrogen (secondary N) is 2. The second-order valence-electron chi connectivity index (χ2n) is 5.03. The average Bonchev–Trinajstić information content (AvgIpc) is 2.84. The molecular weight excluding hydrogens is 250 g/mol. The number of amides is 3. The molecule has 1 unspecified atom stereocenters. The zero-order valence-electron chi connectivity index (χ0n) is 10.7. The van der Waals surface area contributed by atoms with Gasteiger partial charge in [0.2, 0.25) is 5.91 Å². The van der Waals surface area contributed by atoms with Crippen LogP contribution >= 0.6 is 0 Å². The van der Waals surface area contributed by atoms with Gasteiger partial charge in [0.05, 0.1) is 6.42 Å². The maximum absolute atomic E-state index is 12.1. The molecule has 1 heterocycles. The average molecular weight is 269 g/mol. The van der Waals surface area contributed by atoms with Crippen molar-refractivity contribution in [2.24, 2.45) is 0 Å². The third kappa shape index (κ3) is 3.36. The van der Waals surface area contributed by atoms with Crippen molar-refractivity contribution in [3.05, 3.63) is 0 Å². The molecular formula is C12H19N3O4. The molecule has 106 valence electrons. The molecule has 1 saturated heterocycles. The number of nitrogens with zero attached hydrogens (tertiary/aromatic N) is 1. The molecule has 2 aliphatic rings. The number of carboxylic acid groups (broad SMARTS) is 1. The van der Waals surface area contributed by atoms with Crippen LogP contribution in [-0.4, -0.2) is 53.1 Å². The summed E-state index contributed by atoms with van der Waals surface area (Å²) in [5.74, 6) is -1.48. The molecule has 1 atom stereocenters. The Bertz CT molecular complexity index is 379. The van der Waals surface area contributed by atoms with E-state index in [0.29, 0.717) is 13.1 Å². The number of hydrogen-bond acceptors (Lipinski definition) is 3. The van der Waals surface area contributed by atoms with E-state index in [2.05, 4.69) is 10.6 Å². The molecule has 1 aliphatic heterocycles. The number of piperazine rings is 1. The summed E-state index contributed by atoms with van der Waals surface area (Å²) in [6.07, 6.45) is 3.75. The van der Waals surface area contributed by atoms with E-state index in [-0.39, 0.29) is 18.5 Å². The van der Waals surface area contributed by atoms with Crippen LogP contribution in [0.5, 0.6) is 0 Å². The van der Waals surface area contributed by atoms with E-state index in [9.17, 15) is 14.4 Å². The zero-order chi connectivity index (χ0) is 13.8. The fourth-order valence-corrected chi connectivity index (χ4v) is 2.65. The minimum atomic E-state index is -1.08. The lowest BCUT2D eigenvalue weighted by Crippen LogP contribution is -2.60. The van der Waals surface area contributed by atoms with Crippen LogP contribution in [0.4, 0.5) is 4.79 Å². The van der Waals surface area contributed by atoms with E-state index < -0.39 is 17.9 Å². The van der Waals surface area contributed by atoms with Gasteiger partial charge < -0.3 is 20.6 Å². The Labute approximate surface area is 111 Å². The van der Waals surface area contributed by atoms with Crippen molar-refractivity contribution in [3.63, 3.8) is 0 Å². The van der Waals surface area contributed by atoms with E-state index in [1.165, 1.54) is 4.90 Å². The maximum Gasteiger partial charge on any atom is 0.318 e. The Morgan fingerprint density at radius 3 is 2.68 bits per heavy atom. The van der Waals surface area contributed by atoms with Crippen molar-refractivity contribution in [2.45, 2.75) is 44.2 Å². The molecule has 7 nitrogen and oxygen atoms in total. The minimum Gasteiger partial charge on any atom is -0.481 e. The lowest BCUT2D eigenvalue weighted by Gasteiger charge is -2.35. The van der Waals surface area contributed by atoms with Crippen LogP contribution in [-0.2, 0) is 9.59 Å². The highest BCUT2D eigenvalue weighted by Crippen LogP contribution is 2.18. The van der Waals surface area contributed by atoms with Crippen molar-refractivity contribution in [1.29, 1.82) is 0 Å². The minimum absolute atomic E-state index is 0.156.